The maximum Gasteiger partial charge on any atom is 0.315 e. The molecule has 0 saturated carbocycles. The second kappa shape index (κ2) is 5.37. The van der Waals surface area contributed by atoms with E-state index in [1.807, 2.05) is 42.3 Å². The third-order valence-corrected chi connectivity index (χ3v) is 4.63. The normalized spacial score (nSPS) is 23.4. The molecule has 0 aromatic heterocycles. The predicted molar refractivity (Wildman–Crippen MR) is 88.4 cm³/mol. The summed E-state index contributed by atoms with van der Waals surface area (Å²) in [6.45, 7) is 4.11. The van der Waals surface area contributed by atoms with Gasteiger partial charge in [0, 0.05) is 30.4 Å². The molecule has 3 rings (SSSR count). The number of hydrogen-bond donors (Lipinski definition) is 1. The molecule has 1 atom stereocenters. The van der Waals surface area contributed by atoms with Crippen LogP contribution >= 0.6 is 0 Å². The summed E-state index contributed by atoms with van der Waals surface area (Å²) in [5, 5.41) is 9.63. The van der Waals surface area contributed by atoms with Gasteiger partial charge in [-0.2, -0.15) is 0 Å². The number of allylic oxidation sites excluding steroid dienone is 1. The summed E-state index contributed by atoms with van der Waals surface area (Å²) >= 11 is 0. The summed E-state index contributed by atoms with van der Waals surface area (Å²) in [4.78, 5) is 26.3. The molecular formula is C19H21NO3. The quantitative estimate of drug-likeness (QED) is 0.910. The van der Waals surface area contributed by atoms with Gasteiger partial charge >= 0.3 is 5.97 Å². The SMILES string of the molecule is CN1C(c2ccccc2)=CC(C(=O)O)C2=C1CC(C)(C)CC2=O. The largest absolute Gasteiger partial charge is 0.481 e. The number of rotatable bonds is 2. The molecule has 1 heterocycles. The van der Waals surface area contributed by atoms with Crippen LogP contribution < -0.4 is 0 Å². The first-order valence-corrected chi connectivity index (χ1v) is 7.80. The van der Waals surface area contributed by atoms with Crippen LogP contribution in [0.4, 0.5) is 0 Å². The van der Waals surface area contributed by atoms with Crippen molar-refractivity contribution < 1.29 is 14.7 Å². The lowest BCUT2D eigenvalue weighted by molar-refractivity contribution is -0.140. The third-order valence-electron chi connectivity index (χ3n) is 4.63. The summed E-state index contributed by atoms with van der Waals surface area (Å²) in [5.41, 5.74) is 2.97. The molecule has 4 heteroatoms. The summed E-state index contributed by atoms with van der Waals surface area (Å²) in [7, 11) is 1.92. The second-order valence-electron chi connectivity index (χ2n) is 7.09. The molecule has 0 radical (unpaired) electrons. The number of nitrogens with zero attached hydrogens (tertiary/aromatic N) is 1. The van der Waals surface area contributed by atoms with Gasteiger partial charge in [0.05, 0.1) is 0 Å². The molecule has 1 aromatic carbocycles. The highest BCUT2D eigenvalue weighted by molar-refractivity contribution is 6.04. The summed E-state index contributed by atoms with van der Waals surface area (Å²) in [5.74, 6) is -1.87. The lowest BCUT2D eigenvalue weighted by Gasteiger charge is -2.41. The lowest BCUT2D eigenvalue weighted by atomic mass is 9.71. The fourth-order valence-electron chi connectivity index (χ4n) is 3.55. The van der Waals surface area contributed by atoms with Crippen LogP contribution in [0.25, 0.3) is 5.70 Å². The van der Waals surface area contributed by atoms with Gasteiger partial charge in [-0.3, -0.25) is 9.59 Å². The van der Waals surface area contributed by atoms with Gasteiger partial charge < -0.3 is 10.0 Å². The van der Waals surface area contributed by atoms with Gasteiger partial charge in [0.25, 0.3) is 0 Å². The molecule has 120 valence electrons. The van der Waals surface area contributed by atoms with Gasteiger partial charge in [-0.15, -0.1) is 0 Å². The van der Waals surface area contributed by atoms with Crippen molar-refractivity contribution in [2.45, 2.75) is 26.7 Å². The molecule has 1 aliphatic heterocycles. The molecule has 0 amide bonds. The van der Waals surface area contributed by atoms with Crippen LogP contribution in [0, 0.1) is 11.3 Å². The number of carboxylic acid groups (broad SMARTS) is 1. The smallest absolute Gasteiger partial charge is 0.315 e. The van der Waals surface area contributed by atoms with Crippen LogP contribution in [0.15, 0.2) is 47.7 Å². The second-order valence-corrected chi connectivity index (χ2v) is 7.09. The lowest BCUT2D eigenvalue weighted by Crippen LogP contribution is -2.38. The van der Waals surface area contributed by atoms with E-state index in [0.29, 0.717) is 18.4 Å². The Morgan fingerprint density at radius 2 is 1.87 bits per heavy atom. The van der Waals surface area contributed by atoms with Crippen molar-refractivity contribution in [3.8, 4) is 0 Å². The van der Waals surface area contributed by atoms with Crippen molar-refractivity contribution in [3.63, 3.8) is 0 Å². The van der Waals surface area contributed by atoms with E-state index in [4.69, 9.17) is 0 Å². The predicted octanol–water partition coefficient (Wildman–Crippen LogP) is 3.32. The summed E-state index contributed by atoms with van der Waals surface area (Å²) < 4.78 is 0. The Balaban J connectivity index is 2.13. The van der Waals surface area contributed by atoms with E-state index in [-0.39, 0.29) is 11.2 Å². The number of carboxylic acids is 1. The number of benzene rings is 1. The van der Waals surface area contributed by atoms with Gasteiger partial charge in [-0.25, -0.2) is 0 Å². The molecule has 1 aromatic rings. The minimum absolute atomic E-state index is 0.0427. The Kier molecular flexibility index (Phi) is 3.63. The zero-order valence-corrected chi connectivity index (χ0v) is 13.7. The zero-order valence-electron chi connectivity index (χ0n) is 13.7. The first-order valence-electron chi connectivity index (χ1n) is 7.80. The van der Waals surface area contributed by atoms with Crippen LogP contribution in [-0.2, 0) is 9.59 Å². The molecule has 0 spiro atoms. The molecule has 0 saturated heterocycles. The van der Waals surface area contributed by atoms with E-state index in [9.17, 15) is 14.7 Å². The number of carbonyl (C=O) groups excluding carboxylic acids is 1. The topological polar surface area (TPSA) is 57.6 Å². The molecular weight excluding hydrogens is 290 g/mol. The maximum absolute atomic E-state index is 12.6. The minimum Gasteiger partial charge on any atom is -0.481 e. The standard InChI is InChI=1S/C19H21NO3/c1-19(2)10-15-17(16(21)11-19)13(18(22)23)9-14(20(15)3)12-7-5-4-6-8-12/h4-9,13H,10-11H2,1-3H3,(H,22,23). The van der Waals surface area contributed by atoms with Gasteiger partial charge in [-0.05, 0) is 23.5 Å². The molecule has 1 N–H and O–H groups in total. The Morgan fingerprint density at radius 3 is 2.48 bits per heavy atom. The average Bonchev–Trinajstić information content (AvgIpc) is 2.48. The van der Waals surface area contributed by atoms with Crippen molar-refractivity contribution in [1.29, 1.82) is 0 Å². The number of carbonyl (C=O) groups is 2. The summed E-state index contributed by atoms with van der Waals surface area (Å²) in [6, 6.07) is 9.71. The van der Waals surface area contributed by atoms with Crippen LogP contribution in [0.1, 0.15) is 32.3 Å². The highest BCUT2D eigenvalue weighted by Crippen LogP contribution is 2.45. The molecule has 2 aliphatic rings. The van der Waals surface area contributed by atoms with E-state index >= 15 is 0 Å². The Labute approximate surface area is 136 Å². The van der Waals surface area contributed by atoms with Crippen molar-refractivity contribution in [2.75, 3.05) is 7.05 Å². The van der Waals surface area contributed by atoms with Crippen LogP contribution in [0.5, 0.6) is 0 Å². The molecule has 0 bridgehead atoms. The first kappa shape index (κ1) is 15.5. The molecule has 0 fully saturated rings. The number of hydrogen-bond acceptors (Lipinski definition) is 3. The number of Topliss-reactive ketones (excluding diaryl/α,β-unsaturated/α-hetero) is 1. The van der Waals surface area contributed by atoms with Gasteiger partial charge in [0.15, 0.2) is 5.78 Å². The number of ketones is 1. The highest BCUT2D eigenvalue weighted by atomic mass is 16.4. The molecule has 1 aliphatic carbocycles. The van der Waals surface area contributed by atoms with E-state index < -0.39 is 11.9 Å². The van der Waals surface area contributed by atoms with Crippen LogP contribution in [0.2, 0.25) is 0 Å². The fraction of sp³-hybridized carbons (Fsp3) is 0.368. The Hall–Kier alpha value is -2.36. The monoisotopic (exact) mass is 311 g/mol. The zero-order chi connectivity index (χ0) is 16.8. The fourth-order valence-corrected chi connectivity index (χ4v) is 3.55. The van der Waals surface area contributed by atoms with Crippen LogP contribution in [-0.4, -0.2) is 28.8 Å². The number of aliphatic carboxylic acids is 1. The highest BCUT2D eigenvalue weighted by Gasteiger charge is 2.42. The maximum atomic E-state index is 12.6. The van der Waals surface area contributed by atoms with E-state index in [0.717, 1.165) is 17.0 Å². The van der Waals surface area contributed by atoms with Gasteiger partial charge in [0.2, 0.25) is 0 Å². The molecule has 23 heavy (non-hydrogen) atoms. The van der Waals surface area contributed by atoms with Crippen molar-refractivity contribution in [2.24, 2.45) is 11.3 Å². The Bertz CT molecular complexity index is 728. The Morgan fingerprint density at radius 1 is 1.22 bits per heavy atom. The van der Waals surface area contributed by atoms with Crippen molar-refractivity contribution in [3.05, 3.63) is 53.2 Å². The first-order chi connectivity index (χ1) is 10.8. The van der Waals surface area contributed by atoms with Crippen molar-refractivity contribution >= 4 is 17.4 Å². The third kappa shape index (κ3) is 2.69. The van der Waals surface area contributed by atoms with Crippen molar-refractivity contribution in [1.82, 2.24) is 4.90 Å². The summed E-state index contributed by atoms with van der Waals surface area (Å²) in [6.07, 6.45) is 2.81. The minimum atomic E-state index is -0.966. The van der Waals surface area contributed by atoms with Crippen LogP contribution in [0.3, 0.4) is 0 Å². The van der Waals surface area contributed by atoms with Gasteiger partial charge in [0.1, 0.15) is 5.92 Å². The van der Waals surface area contributed by atoms with Gasteiger partial charge in [-0.1, -0.05) is 44.2 Å². The van der Waals surface area contributed by atoms with E-state index in [2.05, 4.69) is 13.8 Å². The molecule has 1 unspecified atom stereocenters. The average molecular weight is 311 g/mol. The van der Waals surface area contributed by atoms with E-state index in [1.54, 1.807) is 6.08 Å². The molecule has 4 nitrogen and oxygen atoms in total. The van der Waals surface area contributed by atoms with E-state index in [1.165, 1.54) is 0 Å².